The fourth-order valence-corrected chi connectivity index (χ4v) is 9.26. The summed E-state index contributed by atoms with van der Waals surface area (Å²) in [6.45, 7) is 15.8. The lowest BCUT2D eigenvalue weighted by atomic mass is 9.81. The Hall–Kier alpha value is -5.72. The van der Waals surface area contributed by atoms with Gasteiger partial charge in [0.25, 0.3) is 0 Å². The largest absolute Gasteiger partial charge is 0.0870 e. The average molecular weight is 727 g/mol. The minimum Gasteiger partial charge on any atom is -0.0870 e. The zero-order valence-corrected chi connectivity index (χ0v) is 34.2. The number of fused-ring (bicyclic) bond motifs is 5. The average Bonchev–Trinajstić information content (AvgIpc) is 3.60. The van der Waals surface area contributed by atoms with Gasteiger partial charge in [0.15, 0.2) is 0 Å². The molecule has 0 heterocycles. The molecule has 1 unspecified atom stereocenters. The lowest BCUT2D eigenvalue weighted by Crippen LogP contribution is -2.15. The van der Waals surface area contributed by atoms with Crippen molar-refractivity contribution in [3.63, 3.8) is 0 Å². The van der Waals surface area contributed by atoms with E-state index in [4.69, 9.17) is 0 Å². The molecule has 0 saturated heterocycles. The third-order valence-corrected chi connectivity index (χ3v) is 12.7. The highest BCUT2D eigenvalue weighted by Crippen LogP contribution is 2.53. The summed E-state index contributed by atoms with van der Waals surface area (Å²) in [6.07, 6.45) is 23.5. The van der Waals surface area contributed by atoms with Crippen LogP contribution in [0.2, 0.25) is 0 Å². The van der Waals surface area contributed by atoms with Crippen molar-refractivity contribution in [3.8, 4) is 33.4 Å². The van der Waals surface area contributed by atoms with Gasteiger partial charge in [0, 0.05) is 11.3 Å². The minimum absolute atomic E-state index is 0.0906. The van der Waals surface area contributed by atoms with Crippen LogP contribution >= 0.6 is 0 Å². The van der Waals surface area contributed by atoms with Crippen LogP contribution in [0.1, 0.15) is 86.4 Å². The van der Waals surface area contributed by atoms with Crippen molar-refractivity contribution < 1.29 is 0 Å². The predicted molar refractivity (Wildman–Crippen MR) is 243 cm³/mol. The van der Waals surface area contributed by atoms with E-state index in [0.29, 0.717) is 5.92 Å². The summed E-state index contributed by atoms with van der Waals surface area (Å²) in [5.41, 5.74) is 25.3. The molecule has 56 heavy (non-hydrogen) atoms. The molecule has 1 atom stereocenters. The van der Waals surface area contributed by atoms with Crippen molar-refractivity contribution in [1.29, 1.82) is 0 Å². The maximum atomic E-state index is 2.42. The molecule has 4 aliphatic carbocycles. The van der Waals surface area contributed by atoms with Crippen LogP contribution in [0.4, 0.5) is 0 Å². The van der Waals surface area contributed by atoms with Crippen LogP contribution in [0, 0.1) is 19.8 Å². The number of hydrogen-bond acceptors (Lipinski definition) is 0. The Morgan fingerprint density at radius 1 is 0.661 bits per heavy atom. The molecule has 0 aliphatic heterocycles. The minimum atomic E-state index is 0.0906. The Labute approximate surface area is 335 Å². The highest BCUT2D eigenvalue weighted by atomic mass is 14.4. The number of aryl methyl sites for hydroxylation is 2. The molecule has 4 aliphatic rings. The van der Waals surface area contributed by atoms with Gasteiger partial charge in [-0.2, -0.15) is 0 Å². The lowest BCUT2D eigenvalue weighted by Gasteiger charge is -2.22. The van der Waals surface area contributed by atoms with Crippen LogP contribution in [0.5, 0.6) is 0 Å². The molecule has 9 rings (SSSR count). The van der Waals surface area contributed by atoms with Gasteiger partial charge in [-0.3, -0.25) is 0 Å². The first-order valence-electron chi connectivity index (χ1n) is 20.4. The number of allylic oxidation sites excluding steroid dienone is 14. The third-order valence-electron chi connectivity index (χ3n) is 12.7. The summed E-state index contributed by atoms with van der Waals surface area (Å²) in [7, 11) is 0. The van der Waals surface area contributed by atoms with Crippen LogP contribution in [0.3, 0.4) is 0 Å². The van der Waals surface area contributed by atoms with E-state index in [1.807, 2.05) is 0 Å². The van der Waals surface area contributed by atoms with E-state index in [0.717, 1.165) is 19.3 Å². The van der Waals surface area contributed by atoms with Crippen molar-refractivity contribution >= 4 is 11.1 Å². The van der Waals surface area contributed by atoms with Gasteiger partial charge in [-0.15, -0.1) is 0 Å². The van der Waals surface area contributed by atoms with Gasteiger partial charge < -0.3 is 0 Å². The van der Waals surface area contributed by atoms with Crippen LogP contribution in [-0.2, 0) is 11.8 Å². The van der Waals surface area contributed by atoms with Crippen LogP contribution in [0.15, 0.2) is 175 Å². The number of benzene rings is 5. The van der Waals surface area contributed by atoms with E-state index in [1.165, 1.54) is 100 Å². The topological polar surface area (TPSA) is 0 Å². The second-order valence-corrected chi connectivity index (χ2v) is 16.5. The van der Waals surface area contributed by atoms with Gasteiger partial charge in [0.2, 0.25) is 0 Å². The Bertz CT molecular complexity index is 2550. The van der Waals surface area contributed by atoms with Crippen molar-refractivity contribution in [2.24, 2.45) is 5.92 Å². The molecule has 0 nitrogen and oxygen atoms in total. The van der Waals surface area contributed by atoms with E-state index in [1.54, 1.807) is 0 Å². The van der Waals surface area contributed by atoms with Gasteiger partial charge in [-0.1, -0.05) is 177 Å². The van der Waals surface area contributed by atoms with Crippen LogP contribution < -0.4 is 0 Å². The molecule has 0 radical (unpaired) electrons. The van der Waals surface area contributed by atoms with Gasteiger partial charge in [-0.25, -0.2) is 0 Å². The Morgan fingerprint density at radius 3 is 2.20 bits per heavy atom. The van der Waals surface area contributed by atoms with Gasteiger partial charge in [-0.05, 0) is 149 Å². The van der Waals surface area contributed by atoms with E-state index in [-0.39, 0.29) is 5.41 Å². The molecule has 0 saturated carbocycles. The monoisotopic (exact) mass is 726 g/mol. The SMILES string of the molecule is C/C=C\C1=C(C)C(C)(C)c2ccc3c(c21)Cc1c(-c2cccc(C)c2)cccc1-3.CC1=C(c2cc(-c3ccccc3)ccc2C)CC=C(C2C=CC=CC2)C=C1. The Balaban J connectivity index is 0.000000158. The molecule has 0 heteroatoms. The molecule has 5 aromatic rings. The van der Waals surface area contributed by atoms with Crippen LogP contribution in [0.25, 0.3) is 44.5 Å². The third kappa shape index (κ3) is 6.88. The summed E-state index contributed by atoms with van der Waals surface area (Å²) in [4.78, 5) is 0. The molecule has 0 bridgehead atoms. The van der Waals surface area contributed by atoms with Crippen LogP contribution in [-0.4, -0.2) is 0 Å². The summed E-state index contributed by atoms with van der Waals surface area (Å²) in [5.74, 6) is 0.509. The van der Waals surface area contributed by atoms with E-state index >= 15 is 0 Å². The van der Waals surface area contributed by atoms with Crippen molar-refractivity contribution in [1.82, 2.24) is 0 Å². The Morgan fingerprint density at radius 2 is 1.43 bits per heavy atom. The van der Waals surface area contributed by atoms with Crippen molar-refractivity contribution in [2.75, 3.05) is 0 Å². The zero-order valence-electron chi connectivity index (χ0n) is 34.2. The number of hydrogen-bond donors (Lipinski definition) is 0. The molecular formula is C56H54. The van der Waals surface area contributed by atoms with Crippen molar-refractivity contribution in [3.05, 3.63) is 213 Å². The Kier molecular flexibility index (Phi) is 10.3. The first-order valence-corrected chi connectivity index (χ1v) is 20.4. The smallest absolute Gasteiger partial charge is 0.0118 e. The number of rotatable bonds is 5. The fourth-order valence-electron chi connectivity index (χ4n) is 9.26. The van der Waals surface area contributed by atoms with E-state index < -0.39 is 0 Å². The maximum absolute atomic E-state index is 2.42. The molecular weight excluding hydrogens is 673 g/mol. The van der Waals surface area contributed by atoms with E-state index in [9.17, 15) is 0 Å². The highest BCUT2D eigenvalue weighted by molar-refractivity contribution is 5.94. The fraction of sp³-hybridized carbons (Fsp3) is 0.214. The summed E-state index contributed by atoms with van der Waals surface area (Å²) < 4.78 is 0. The van der Waals surface area contributed by atoms with Crippen molar-refractivity contribution in [2.45, 2.75) is 73.1 Å². The summed E-state index contributed by atoms with van der Waals surface area (Å²) in [6, 6.07) is 38.0. The van der Waals surface area contributed by atoms with Gasteiger partial charge >= 0.3 is 0 Å². The molecule has 278 valence electrons. The zero-order chi connectivity index (χ0) is 39.0. The van der Waals surface area contributed by atoms with E-state index in [2.05, 4.69) is 206 Å². The molecule has 0 N–H and O–H groups in total. The highest BCUT2D eigenvalue weighted by Gasteiger charge is 2.38. The second-order valence-electron chi connectivity index (χ2n) is 16.5. The normalized spacial score (nSPS) is 17.7. The molecule has 0 spiro atoms. The van der Waals surface area contributed by atoms with Gasteiger partial charge in [0.05, 0.1) is 0 Å². The molecule has 0 aromatic heterocycles. The quantitative estimate of drug-likeness (QED) is 0.166. The molecule has 5 aromatic carbocycles. The summed E-state index contributed by atoms with van der Waals surface area (Å²) in [5, 5.41) is 0. The first kappa shape index (κ1) is 37.2. The lowest BCUT2D eigenvalue weighted by molar-refractivity contribution is 0.639. The molecule has 0 fully saturated rings. The second kappa shape index (κ2) is 15.4. The summed E-state index contributed by atoms with van der Waals surface area (Å²) >= 11 is 0. The predicted octanol–water partition coefficient (Wildman–Crippen LogP) is 15.3. The first-order chi connectivity index (χ1) is 27.2. The van der Waals surface area contributed by atoms with Gasteiger partial charge in [0.1, 0.15) is 0 Å². The maximum Gasteiger partial charge on any atom is 0.0118 e. The molecule has 0 amide bonds. The standard InChI is InChI=1S/C29H28.C27H26/c1-6-9-21-19(3)29(4,5)27-15-14-24-23-13-8-12-22(20-11-7-10-18(2)16-20)25(23)17-26(24)28(21)27;1-20-13-15-24(22-9-5-3-6-10-22)17-18-26(20)27-19-25(16-14-21(27)2)23-11-7-4-8-12-23/h6-16H,17H2,1-5H3;3-9,11-17,19,22H,10,18H2,1-2H3/b9-6-;.